The number of anilines is 1. The lowest BCUT2D eigenvalue weighted by Gasteiger charge is -2.22. The highest BCUT2D eigenvalue weighted by Crippen LogP contribution is 2.36. The van der Waals surface area contributed by atoms with E-state index in [9.17, 15) is 4.79 Å². The molecule has 0 aromatic heterocycles. The predicted molar refractivity (Wildman–Crippen MR) is 71.7 cm³/mol. The average molecular weight is 298 g/mol. The molecule has 17 heavy (non-hydrogen) atoms. The maximum absolute atomic E-state index is 10.9. The zero-order valence-electron chi connectivity index (χ0n) is 10.0. The Bertz CT molecular complexity index is 457. The van der Waals surface area contributed by atoms with Gasteiger partial charge in [0.2, 0.25) is 0 Å². The van der Waals surface area contributed by atoms with Crippen LogP contribution in [0.3, 0.4) is 0 Å². The SMILES string of the molecule is CC1(C)CCN(c2ccc(C(=O)O)cc2Br)C1. The summed E-state index contributed by atoms with van der Waals surface area (Å²) in [5.41, 5.74) is 1.74. The molecule has 1 aliphatic heterocycles. The summed E-state index contributed by atoms with van der Waals surface area (Å²) in [6.45, 7) is 6.55. The number of carbonyl (C=O) groups is 1. The first-order valence-corrected chi connectivity index (χ1v) is 6.46. The molecule has 3 nitrogen and oxygen atoms in total. The van der Waals surface area contributed by atoms with Crippen LogP contribution in [0.4, 0.5) is 5.69 Å². The lowest BCUT2D eigenvalue weighted by atomic mass is 9.93. The van der Waals surface area contributed by atoms with Gasteiger partial charge in [0.15, 0.2) is 0 Å². The molecule has 0 amide bonds. The molecule has 0 radical (unpaired) electrons. The second-order valence-corrected chi connectivity index (χ2v) is 6.16. The normalized spacial score (nSPS) is 18.4. The summed E-state index contributed by atoms with van der Waals surface area (Å²) < 4.78 is 0.857. The first-order valence-electron chi connectivity index (χ1n) is 5.67. The summed E-state index contributed by atoms with van der Waals surface area (Å²) in [5.74, 6) is -0.890. The van der Waals surface area contributed by atoms with Crippen LogP contribution >= 0.6 is 15.9 Å². The molecule has 1 fully saturated rings. The van der Waals surface area contributed by atoms with Crippen molar-refractivity contribution in [2.75, 3.05) is 18.0 Å². The zero-order valence-corrected chi connectivity index (χ0v) is 11.6. The van der Waals surface area contributed by atoms with Gasteiger partial charge in [0, 0.05) is 17.6 Å². The Morgan fingerprint density at radius 2 is 2.18 bits per heavy atom. The Morgan fingerprint density at radius 3 is 2.65 bits per heavy atom. The van der Waals surface area contributed by atoms with Gasteiger partial charge in [-0.3, -0.25) is 0 Å². The molecule has 1 N–H and O–H groups in total. The van der Waals surface area contributed by atoms with Gasteiger partial charge in [-0.15, -0.1) is 0 Å². The van der Waals surface area contributed by atoms with Gasteiger partial charge >= 0.3 is 5.97 Å². The molecule has 0 unspecified atom stereocenters. The van der Waals surface area contributed by atoms with Crippen LogP contribution < -0.4 is 4.90 Å². The zero-order chi connectivity index (χ0) is 12.6. The van der Waals surface area contributed by atoms with Crippen LogP contribution in [-0.4, -0.2) is 24.2 Å². The number of carboxylic acid groups (broad SMARTS) is 1. The van der Waals surface area contributed by atoms with Crippen molar-refractivity contribution < 1.29 is 9.90 Å². The Morgan fingerprint density at radius 1 is 1.47 bits per heavy atom. The minimum absolute atomic E-state index is 0.319. The van der Waals surface area contributed by atoms with Gasteiger partial charge in [0.25, 0.3) is 0 Å². The van der Waals surface area contributed by atoms with Crippen LogP contribution in [0.15, 0.2) is 22.7 Å². The van der Waals surface area contributed by atoms with Gasteiger partial charge in [0.05, 0.1) is 11.3 Å². The van der Waals surface area contributed by atoms with Gasteiger partial charge < -0.3 is 10.0 Å². The minimum Gasteiger partial charge on any atom is -0.478 e. The monoisotopic (exact) mass is 297 g/mol. The Hall–Kier alpha value is -1.03. The fourth-order valence-corrected chi connectivity index (χ4v) is 2.84. The molecule has 1 saturated heterocycles. The van der Waals surface area contributed by atoms with E-state index < -0.39 is 5.97 Å². The van der Waals surface area contributed by atoms with Gasteiger partial charge in [-0.05, 0) is 46.0 Å². The quantitative estimate of drug-likeness (QED) is 0.910. The molecule has 4 heteroatoms. The van der Waals surface area contributed by atoms with Crippen molar-refractivity contribution in [3.63, 3.8) is 0 Å². The van der Waals surface area contributed by atoms with Crippen molar-refractivity contribution in [1.82, 2.24) is 0 Å². The van der Waals surface area contributed by atoms with E-state index >= 15 is 0 Å². The van der Waals surface area contributed by atoms with Gasteiger partial charge in [-0.1, -0.05) is 13.8 Å². The first-order chi connectivity index (χ1) is 7.89. The van der Waals surface area contributed by atoms with Crippen LogP contribution in [0.1, 0.15) is 30.6 Å². The van der Waals surface area contributed by atoms with Crippen LogP contribution in [0.5, 0.6) is 0 Å². The third-order valence-electron chi connectivity index (χ3n) is 3.21. The average Bonchev–Trinajstić information content (AvgIpc) is 2.58. The van der Waals surface area contributed by atoms with Crippen molar-refractivity contribution in [2.24, 2.45) is 5.41 Å². The van der Waals surface area contributed by atoms with E-state index in [1.54, 1.807) is 12.1 Å². The summed E-state index contributed by atoms with van der Waals surface area (Å²) in [6, 6.07) is 5.21. The summed E-state index contributed by atoms with van der Waals surface area (Å²) in [7, 11) is 0. The molecule has 0 atom stereocenters. The third-order valence-corrected chi connectivity index (χ3v) is 3.85. The lowest BCUT2D eigenvalue weighted by molar-refractivity contribution is 0.0697. The number of nitrogens with zero attached hydrogens (tertiary/aromatic N) is 1. The molecule has 0 saturated carbocycles. The summed E-state index contributed by atoms with van der Waals surface area (Å²) in [6.07, 6.45) is 1.17. The fraction of sp³-hybridized carbons (Fsp3) is 0.462. The van der Waals surface area contributed by atoms with Crippen molar-refractivity contribution in [3.8, 4) is 0 Å². The molecular formula is C13H16BrNO2. The molecule has 1 aromatic carbocycles. The largest absolute Gasteiger partial charge is 0.478 e. The molecule has 1 aromatic rings. The highest BCUT2D eigenvalue weighted by molar-refractivity contribution is 9.10. The minimum atomic E-state index is -0.890. The summed E-state index contributed by atoms with van der Waals surface area (Å²) in [5, 5.41) is 8.91. The van der Waals surface area contributed by atoms with Crippen LogP contribution in [-0.2, 0) is 0 Å². The maximum Gasteiger partial charge on any atom is 0.335 e. The van der Waals surface area contributed by atoms with E-state index in [0.717, 1.165) is 23.2 Å². The van der Waals surface area contributed by atoms with Gasteiger partial charge in [-0.25, -0.2) is 4.79 Å². The van der Waals surface area contributed by atoms with E-state index in [2.05, 4.69) is 34.7 Å². The van der Waals surface area contributed by atoms with E-state index in [1.165, 1.54) is 6.42 Å². The second kappa shape index (κ2) is 4.33. The lowest BCUT2D eigenvalue weighted by Crippen LogP contribution is -2.23. The molecular weight excluding hydrogens is 282 g/mol. The highest BCUT2D eigenvalue weighted by Gasteiger charge is 2.30. The molecule has 0 spiro atoms. The maximum atomic E-state index is 10.9. The fourth-order valence-electron chi connectivity index (χ4n) is 2.21. The van der Waals surface area contributed by atoms with E-state index in [4.69, 9.17) is 5.11 Å². The third kappa shape index (κ3) is 2.63. The van der Waals surface area contributed by atoms with Crippen molar-refractivity contribution in [2.45, 2.75) is 20.3 Å². The number of hydrogen-bond acceptors (Lipinski definition) is 2. The number of aromatic carboxylic acids is 1. The van der Waals surface area contributed by atoms with E-state index in [1.807, 2.05) is 6.07 Å². The standard InChI is InChI=1S/C13H16BrNO2/c1-13(2)5-6-15(8-13)11-4-3-9(12(16)17)7-10(11)14/h3-4,7H,5-6,8H2,1-2H3,(H,16,17). The number of carboxylic acids is 1. The number of hydrogen-bond donors (Lipinski definition) is 1. The van der Waals surface area contributed by atoms with Gasteiger partial charge in [-0.2, -0.15) is 0 Å². The smallest absolute Gasteiger partial charge is 0.335 e. The van der Waals surface area contributed by atoms with Gasteiger partial charge in [0.1, 0.15) is 0 Å². The summed E-state index contributed by atoms with van der Waals surface area (Å²) in [4.78, 5) is 13.2. The molecule has 2 rings (SSSR count). The number of benzene rings is 1. The summed E-state index contributed by atoms with van der Waals surface area (Å²) >= 11 is 3.46. The molecule has 0 bridgehead atoms. The highest BCUT2D eigenvalue weighted by atomic mass is 79.9. The van der Waals surface area contributed by atoms with Crippen LogP contribution in [0, 0.1) is 5.41 Å². The van der Waals surface area contributed by atoms with Crippen molar-refractivity contribution in [3.05, 3.63) is 28.2 Å². The van der Waals surface area contributed by atoms with Crippen LogP contribution in [0.2, 0.25) is 0 Å². The van der Waals surface area contributed by atoms with Crippen molar-refractivity contribution >= 4 is 27.6 Å². The van der Waals surface area contributed by atoms with E-state index in [-0.39, 0.29) is 0 Å². The Kier molecular flexibility index (Phi) is 3.17. The second-order valence-electron chi connectivity index (χ2n) is 5.31. The molecule has 1 aliphatic rings. The number of rotatable bonds is 2. The molecule has 0 aliphatic carbocycles. The molecule has 92 valence electrons. The Balaban J connectivity index is 2.26. The van der Waals surface area contributed by atoms with Crippen LogP contribution in [0.25, 0.3) is 0 Å². The predicted octanol–water partition coefficient (Wildman–Crippen LogP) is 3.38. The first kappa shape index (κ1) is 12.4. The van der Waals surface area contributed by atoms with E-state index in [0.29, 0.717) is 11.0 Å². The number of halogens is 1. The van der Waals surface area contributed by atoms with Crippen molar-refractivity contribution in [1.29, 1.82) is 0 Å². The Labute approximate surface area is 110 Å². The topological polar surface area (TPSA) is 40.5 Å². The molecule has 1 heterocycles.